The largest absolute Gasteiger partial charge is 0.414 e. The van der Waals surface area contributed by atoms with Gasteiger partial charge < -0.3 is 19.5 Å². The van der Waals surface area contributed by atoms with Crippen molar-refractivity contribution in [3.63, 3.8) is 0 Å². The molecule has 0 bridgehead atoms. The van der Waals surface area contributed by atoms with E-state index in [-0.39, 0.29) is 37.3 Å². The number of likely N-dealkylation sites (tertiary alicyclic amines) is 1. The van der Waals surface area contributed by atoms with Gasteiger partial charge in [0.05, 0.1) is 43.2 Å². The fourth-order valence-electron chi connectivity index (χ4n) is 3.69. The third kappa shape index (κ3) is 6.57. The zero-order valence-corrected chi connectivity index (χ0v) is 18.3. The Balaban J connectivity index is 2.08. The Morgan fingerprint density at radius 2 is 2.00 bits per heavy atom. The fourth-order valence-corrected chi connectivity index (χ4v) is 4.45. The van der Waals surface area contributed by atoms with Gasteiger partial charge in [0, 0.05) is 46.9 Å². The summed E-state index contributed by atoms with van der Waals surface area (Å²) in [6.07, 6.45) is -2.68. The van der Waals surface area contributed by atoms with E-state index in [9.17, 15) is 18.3 Å². The second-order valence-electron chi connectivity index (χ2n) is 8.93. The van der Waals surface area contributed by atoms with Crippen molar-refractivity contribution in [2.45, 2.75) is 56.8 Å². The smallest absolute Gasteiger partial charge is 0.394 e. The van der Waals surface area contributed by atoms with Crippen molar-refractivity contribution in [3.8, 4) is 0 Å². The number of dihydropyridines is 1. The molecule has 5 nitrogen and oxygen atoms in total. The van der Waals surface area contributed by atoms with Crippen LogP contribution >= 0.6 is 0 Å². The van der Waals surface area contributed by atoms with Crippen LogP contribution < -0.4 is 0 Å². The molecule has 2 aliphatic heterocycles. The van der Waals surface area contributed by atoms with Crippen molar-refractivity contribution in [1.29, 1.82) is 0 Å². The number of ether oxygens (including phenoxy) is 2. The van der Waals surface area contributed by atoms with Crippen LogP contribution in [-0.4, -0.2) is 82.6 Å². The number of methoxy groups -OCH3 is 1. The lowest BCUT2D eigenvalue weighted by molar-refractivity contribution is -0.0971. The first-order chi connectivity index (χ1) is 13.0. The number of rotatable bonds is 9. The molecule has 0 saturated carbocycles. The Labute approximate surface area is 166 Å². The van der Waals surface area contributed by atoms with Gasteiger partial charge in [-0.15, -0.1) is 0 Å². The van der Waals surface area contributed by atoms with E-state index < -0.39 is 25.9 Å². The first-order valence-electron chi connectivity index (χ1n) is 9.83. The van der Waals surface area contributed by atoms with E-state index in [1.54, 1.807) is 12.0 Å². The van der Waals surface area contributed by atoms with Crippen LogP contribution in [0.25, 0.3) is 0 Å². The summed E-state index contributed by atoms with van der Waals surface area (Å²) < 4.78 is 52.1. The summed E-state index contributed by atoms with van der Waals surface area (Å²) in [4.78, 5) is 5.99. The molecule has 0 aliphatic carbocycles. The number of hydrogen-bond acceptors (Lipinski definition) is 5. The van der Waals surface area contributed by atoms with Crippen LogP contribution in [-0.2, 0) is 9.47 Å². The Kier molecular flexibility index (Phi) is 8.13. The first-order valence-corrected chi connectivity index (χ1v) is 13.5. The monoisotopic (exact) mass is 422 g/mol. The highest BCUT2D eigenvalue weighted by Crippen LogP contribution is 2.38. The normalized spacial score (nSPS) is 26.4. The number of alkyl halides is 3. The van der Waals surface area contributed by atoms with Gasteiger partial charge >= 0.3 is 6.18 Å². The van der Waals surface area contributed by atoms with Crippen molar-refractivity contribution < 1.29 is 27.8 Å². The van der Waals surface area contributed by atoms with Gasteiger partial charge in [-0.3, -0.25) is 4.99 Å². The van der Waals surface area contributed by atoms with Gasteiger partial charge in [0.15, 0.2) is 0 Å². The number of allylic oxidation sites excluding steroid dienone is 1. The maximum Gasteiger partial charge on any atom is 0.414 e. The molecule has 2 aliphatic rings. The number of aliphatic hydroxyl groups is 1. The van der Waals surface area contributed by atoms with Crippen LogP contribution in [0.4, 0.5) is 13.2 Å². The van der Waals surface area contributed by atoms with E-state index >= 15 is 0 Å². The van der Waals surface area contributed by atoms with E-state index in [1.807, 2.05) is 0 Å². The maximum absolute atomic E-state index is 13.8. The van der Waals surface area contributed by atoms with Gasteiger partial charge in [-0.25, -0.2) is 0 Å². The summed E-state index contributed by atoms with van der Waals surface area (Å²) in [5.41, 5.74) is -0.485. The van der Waals surface area contributed by atoms with E-state index in [0.29, 0.717) is 26.2 Å². The number of halogens is 3. The minimum atomic E-state index is -4.43. The van der Waals surface area contributed by atoms with Crippen LogP contribution in [0, 0.1) is 5.92 Å². The molecule has 2 rings (SSSR count). The van der Waals surface area contributed by atoms with Crippen LogP contribution in [0.15, 0.2) is 16.3 Å². The van der Waals surface area contributed by atoms with E-state index in [4.69, 9.17) is 9.47 Å². The molecule has 162 valence electrons. The molecule has 28 heavy (non-hydrogen) atoms. The molecule has 0 spiro atoms. The van der Waals surface area contributed by atoms with Gasteiger partial charge in [-0.1, -0.05) is 19.6 Å². The lowest BCUT2D eigenvalue weighted by atomic mass is 10.0. The molecule has 2 unspecified atom stereocenters. The molecule has 0 aromatic carbocycles. The summed E-state index contributed by atoms with van der Waals surface area (Å²) in [5, 5.41) is 9.66. The van der Waals surface area contributed by atoms with Gasteiger partial charge in [-0.05, 0) is 12.5 Å². The minimum Gasteiger partial charge on any atom is -0.394 e. The lowest BCUT2D eigenvalue weighted by Crippen LogP contribution is -2.38. The SMILES string of the molecule is COCC1C[C@@H](CO)N(C2=C(C(F)(F)F)CC(COCC[Si](C)(C)C)N=C2)C1. The zero-order chi connectivity index (χ0) is 20.9. The number of aliphatic imine (C=N–C) groups is 1. The number of hydrogen-bond donors (Lipinski definition) is 1. The molecule has 9 heteroatoms. The van der Waals surface area contributed by atoms with Crippen LogP contribution in [0.1, 0.15) is 12.8 Å². The van der Waals surface area contributed by atoms with Crippen LogP contribution in [0.2, 0.25) is 25.7 Å². The Bertz CT molecular complexity index is 576. The highest BCUT2D eigenvalue weighted by atomic mass is 28.3. The molecule has 0 aromatic heterocycles. The van der Waals surface area contributed by atoms with Crippen LogP contribution in [0.5, 0.6) is 0 Å². The van der Waals surface area contributed by atoms with Gasteiger partial charge in [0.1, 0.15) is 0 Å². The molecular weight excluding hydrogens is 389 g/mol. The summed E-state index contributed by atoms with van der Waals surface area (Å²) >= 11 is 0. The lowest BCUT2D eigenvalue weighted by Gasteiger charge is -2.32. The average molecular weight is 423 g/mol. The summed E-state index contributed by atoms with van der Waals surface area (Å²) in [6.45, 7) is 8.17. The molecular formula is C19H33F3N2O3Si. The topological polar surface area (TPSA) is 54.3 Å². The highest BCUT2D eigenvalue weighted by molar-refractivity contribution is 6.76. The molecule has 2 heterocycles. The highest BCUT2D eigenvalue weighted by Gasteiger charge is 2.43. The molecule has 0 amide bonds. The molecule has 1 saturated heterocycles. The third-order valence-electron chi connectivity index (χ3n) is 5.23. The fraction of sp³-hybridized carbons (Fsp3) is 0.842. The van der Waals surface area contributed by atoms with Crippen LogP contribution in [0.3, 0.4) is 0 Å². The summed E-state index contributed by atoms with van der Waals surface area (Å²) in [6, 6.07) is 0.110. The van der Waals surface area contributed by atoms with Crippen molar-refractivity contribution in [2.75, 3.05) is 40.1 Å². The molecule has 1 fully saturated rings. The van der Waals surface area contributed by atoms with Crippen molar-refractivity contribution in [3.05, 3.63) is 11.3 Å². The zero-order valence-electron chi connectivity index (χ0n) is 17.3. The molecule has 0 radical (unpaired) electrons. The first kappa shape index (κ1) is 23.4. The predicted octanol–water partition coefficient (Wildman–Crippen LogP) is 3.33. The Hall–Kier alpha value is -0.903. The standard InChI is InChI=1S/C19H33F3N2O3Si/c1-26-12-14-7-16(11-25)24(10-14)18-9-23-15(8-17(18)19(20,21)22)13-27-5-6-28(2,3)4/h9,14-16,25H,5-8,10-13H2,1-4H3/t14?,15?,16-/m0/s1. The quantitative estimate of drug-likeness (QED) is 0.457. The minimum absolute atomic E-state index is 0.0866. The van der Waals surface area contributed by atoms with E-state index in [1.165, 1.54) is 6.21 Å². The molecule has 0 aromatic rings. The summed E-state index contributed by atoms with van der Waals surface area (Å²) in [7, 11) is 0.340. The van der Waals surface area contributed by atoms with E-state index in [2.05, 4.69) is 24.6 Å². The average Bonchev–Trinajstić information content (AvgIpc) is 3.00. The Morgan fingerprint density at radius 3 is 2.57 bits per heavy atom. The molecule has 3 atom stereocenters. The second-order valence-corrected chi connectivity index (χ2v) is 14.6. The summed E-state index contributed by atoms with van der Waals surface area (Å²) in [5.74, 6) is 0.0974. The van der Waals surface area contributed by atoms with E-state index in [0.717, 1.165) is 6.04 Å². The van der Waals surface area contributed by atoms with Gasteiger partial charge in [0.25, 0.3) is 0 Å². The second kappa shape index (κ2) is 9.73. The van der Waals surface area contributed by atoms with Gasteiger partial charge in [-0.2, -0.15) is 13.2 Å². The Morgan fingerprint density at radius 1 is 1.29 bits per heavy atom. The number of aliphatic hydroxyl groups excluding tert-OH is 1. The van der Waals surface area contributed by atoms with Crippen molar-refractivity contribution >= 4 is 14.3 Å². The maximum atomic E-state index is 13.8. The van der Waals surface area contributed by atoms with Gasteiger partial charge in [0.2, 0.25) is 0 Å². The number of nitrogens with zero attached hydrogens (tertiary/aromatic N) is 2. The molecule has 1 N–H and O–H groups in total. The third-order valence-corrected chi connectivity index (χ3v) is 6.93. The predicted molar refractivity (Wildman–Crippen MR) is 107 cm³/mol. The van der Waals surface area contributed by atoms with Crippen molar-refractivity contribution in [2.24, 2.45) is 10.9 Å². The van der Waals surface area contributed by atoms with Crippen molar-refractivity contribution in [1.82, 2.24) is 4.90 Å².